The Morgan fingerprint density at radius 2 is 1.77 bits per heavy atom. The quantitative estimate of drug-likeness (QED) is 0.369. The molecule has 1 amide bonds. The number of thiophene rings is 1. The lowest BCUT2D eigenvalue weighted by Gasteiger charge is -2.35. The molecule has 2 aromatic carbocycles. The summed E-state index contributed by atoms with van der Waals surface area (Å²) in [4.78, 5) is 30.7. The lowest BCUT2D eigenvalue weighted by atomic mass is 10.0. The number of amides is 1. The smallest absolute Gasteiger partial charge is 0.223 e. The topological polar surface area (TPSA) is 65.1 Å². The van der Waals surface area contributed by atoms with Crippen molar-refractivity contribution < 1.29 is 9.18 Å². The van der Waals surface area contributed by atoms with E-state index in [1.165, 1.54) is 12.1 Å². The summed E-state index contributed by atoms with van der Waals surface area (Å²) in [6.45, 7) is 2.85. The van der Waals surface area contributed by atoms with E-state index in [1.807, 2.05) is 28.5 Å². The monoisotopic (exact) mass is 485 g/mol. The molecule has 5 aromatic rings. The van der Waals surface area contributed by atoms with E-state index in [9.17, 15) is 9.18 Å². The number of benzene rings is 2. The van der Waals surface area contributed by atoms with E-state index in [4.69, 9.17) is 0 Å². The van der Waals surface area contributed by atoms with Gasteiger partial charge in [-0.1, -0.05) is 18.2 Å². The maximum absolute atomic E-state index is 13.5. The van der Waals surface area contributed by atoms with E-state index >= 15 is 0 Å². The van der Waals surface area contributed by atoms with Gasteiger partial charge >= 0.3 is 0 Å². The number of nitrogens with zero attached hydrogens (tertiary/aromatic N) is 4. The van der Waals surface area contributed by atoms with Gasteiger partial charge in [-0.15, -0.1) is 11.3 Å². The van der Waals surface area contributed by atoms with Crippen molar-refractivity contribution in [1.82, 2.24) is 19.9 Å². The first-order valence-corrected chi connectivity index (χ1v) is 12.6. The highest BCUT2D eigenvalue weighted by Gasteiger charge is 2.24. The normalized spacial score (nSPS) is 14.2. The van der Waals surface area contributed by atoms with Crippen molar-refractivity contribution in [3.05, 3.63) is 77.7 Å². The number of aryl methyl sites for hydroxylation is 1. The van der Waals surface area contributed by atoms with Crippen molar-refractivity contribution >= 4 is 44.2 Å². The maximum atomic E-state index is 13.5. The van der Waals surface area contributed by atoms with Crippen LogP contribution in [-0.2, 0) is 11.2 Å². The zero-order valence-corrected chi connectivity index (χ0v) is 19.9. The van der Waals surface area contributed by atoms with Crippen LogP contribution in [0.3, 0.4) is 0 Å². The Bertz CT molecular complexity index is 1500. The first-order chi connectivity index (χ1) is 17.2. The van der Waals surface area contributed by atoms with Crippen molar-refractivity contribution in [2.75, 3.05) is 31.1 Å². The zero-order chi connectivity index (χ0) is 23.8. The first kappa shape index (κ1) is 21.7. The van der Waals surface area contributed by atoms with Crippen molar-refractivity contribution in [3.8, 4) is 11.3 Å². The molecule has 6 rings (SSSR count). The minimum absolute atomic E-state index is 0.156. The molecule has 0 unspecified atom stereocenters. The minimum atomic E-state index is -0.262. The summed E-state index contributed by atoms with van der Waals surface area (Å²) in [5.41, 5.74) is 3.99. The molecule has 1 N–H and O–H groups in total. The van der Waals surface area contributed by atoms with Crippen LogP contribution in [0.4, 0.5) is 10.2 Å². The summed E-state index contributed by atoms with van der Waals surface area (Å²) in [6, 6.07) is 16.7. The largest absolute Gasteiger partial charge is 0.354 e. The fourth-order valence-corrected chi connectivity index (χ4v) is 5.64. The standard InChI is InChI=1S/C27H24FN5OS/c28-19-7-5-18(6-8-19)25-21(20-3-1-2-4-23(20)31-25)9-10-24(34)32-12-14-33(15-13-32)26-22-11-16-35-27(22)30-17-29-26/h1-8,11,16-17,31H,9-10,12-15H2. The molecule has 8 heteroatoms. The molecule has 3 aromatic heterocycles. The third-order valence-corrected chi connectivity index (χ3v) is 7.53. The number of nitrogens with one attached hydrogen (secondary N) is 1. The maximum Gasteiger partial charge on any atom is 0.223 e. The van der Waals surface area contributed by atoms with Gasteiger partial charge in [-0.2, -0.15) is 0 Å². The van der Waals surface area contributed by atoms with Gasteiger partial charge < -0.3 is 14.8 Å². The Hall–Kier alpha value is -3.78. The Morgan fingerprint density at radius 1 is 0.971 bits per heavy atom. The van der Waals surface area contributed by atoms with E-state index in [2.05, 4.69) is 32.0 Å². The van der Waals surface area contributed by atoms with Gasteiger partial charge in [-0.3, -0.25) is 4.79 Å². The second kappa shape index (κ2) is 9.11. The van der Waals surface area contributed by atoms with E-state index in [1.54, 1.807) is 29.8 Å². The van der Waals surface area contributed by atoms with Gasteiger partial charge in [-0.05, 0) is 59.3 Å². The van der Waals surface area contributed by atoms with Crippen LogP contribution in [-0.4, -0.2) is 51.9 Å². The summed E-state index contributed by atoms with van der Waals surface area (Å²) in [6.07, 6.45) is 2.67. The van der Waals surface area contributed by atoms with Gasteiger partial charge in [0.25, 0.3) is 0 Å². The third-order valence-electron chi connectivity index (χ3n) is 6.71. The molecule has 0 radical (unpaired) electrons. The lowest BCUT2D eigenvalue weighted by Crippen LogP contribution is -2.49. The number of para-hydroxylation sites is 1. The SMILES string of the molecule is O=C(CCc1c(-c2ccc(F)cc2)[nH]c2ccccc12)N1CCN(c2ncnc3sccc23)CC1. The number of halogens is 1. The average Bonchev–Trinajstić information content (AvgIpc) is 3.52. The molecule has 4 heterocycles. The van der Waals surface area contributed by atoms with Crippen LogP contribution in [0, 0.1) is 5.82 Å². The summed E-state index contributed by atoms with van der Waals surface area (Å²) < 4.78 is 13.5. The molecule has 1 fully saturated rings. The highest BCUT2D eigenvalue weighted by atomic mass is 32.1. The number of anilines is 1. The van der Waals surface area contributed by atoms with Crippen molar-refractivity contribution in [2.45, 2.75) is 12.8 Å². The predicted molar refractivity (Wildman–Crippen MR) is 138 cm³/mol. The fraction of sp³-hybridized carbons (Fsp3) is 0.222. The van der Waals surface area contributed by atoms with E-state index < -0.39 is 0 Å². The van der Waals surface area contributed by atoms with Gasteiger partial charge in [0, 0.05) is 49.2 Å². The summed E-state index contributed by atoms with van der Waals surface area (Å²) in [5.74, 6) is 0.844. The van der Waals surface area contributed by atoms with Crippen LogP contribution in [0.1, 0.15) is 12.0 Å². The molecule has 1 saturated heterocycles. The molecule has 0 spiro atoms. The second-order valence-corrected chi connectivity index (χ2v) is 9.63. The van der Waals surface area contributed by atoms with E-state index in [0.29, 0.717) is 25.9 Å². The van der Waals surface area contributed by atoms with Crippen LogP contribution in [0.25, 0.3) is 32.4 Å². The van der Waals surface area contributed by atoms with Crippen molar-refractivity contribution in [3.63, 3.8) is 0 Å². The van der Waals surface area contributed by atoms with Crippen molar-refractivity contribution in [2.24, 2.45) is 0 Å². The number of aromatic amines is 1. The number of carbonyl (C=O) groups excluding carboxylic acids is 1. The Kier molecular flexibility index (Phi) is 5.66. The molecular weight excluding hydrogens is 461 g/mol. The van der Waals surface area contributed by atoms with Gasteiger partial charge in [0.15, 0.2) is 0 Å². The first-order valence-electron chi connectivity index (χ1n) is 11.7. The van der Waals surface area contributed by atoms with Crippen LogP contribution < -0.4 is 4.90 Å². The molecule has 0 aliphatic carbocycles. The molecule has 0 bridgehead atoms. The number of piperazine rings is 1. The molecule has 1 aliphatic rings. The Labute approximate surface area is 206 Å². The number of hydrogen-bond acceptors (Lipinski definition) is 5. The van der Waals surface area contributed by atoms with Crippen LogP contribution in [0.2, 0.25) is 0 Å². The average molecular weight is 486 g/mol. The number of rotatable bonds is 5. The highest BCUT2D eigenvalue weighted by molar-refractivity contribution is 7.16. The molecule has 6 nitrogen and oxygen atoms in total. The number of hydrogen-bond donors (Lipinski definition) is 1. The predicted octanol–water partition coefficient (Wildman–Crippen LogP) is 5.26. The summed E-state index contributed by atoms with van der Waals surface area (Å²) >= 11 is 1.61. The van der Waals surface area contributed by atoms with Crippen molar-refractivity contribution in [1.29, 1.82) is 0 Å². The number of H-pyrrole nitrogens is 1. The number of aromatic nitrogens is 3. The summed E-state index contributed by atoms with van der Waals surface area (Å²) in [5, 5.41) is 4.21. The number of fused-ring (bicyclic) bond motifs is 2. The molecule has 0 saturated carbocycles. The van der Waals surface area contributed by atoms with Crippen LogP contribution in [0.5, 0.6) is 0 Å². The Morgan fingerprint density at radius 3 is 2.60 bits per heavy atom. The fourth-order valence-electron chi connectivity index (χ4n) is 4.91. The van der Waals surface area contributed by atoms with Gasteiger partial charge in [0.1, 0.15) is 22.8 Å². The zero-order valence-electron chi connectivity index (χ0n) is 19.1. The highest BCUT2D eigenvalue weighted by Crippen LogP contribution is 2.32. The Balaban J connectivity index is 1.16. The number of carbonyl (C=O) groups is 1. The molecular formula is C27H24FN5OS. The molecule has 176 valence electrons. The van der Waals surface area contributed by atoms with Gasteiger partial charge in [0.2, 0.25) is 5.91 Å². The molecule has 0 atom stereocenters. The van der Waals surface area contributed by atoms with E-state index in [0.717, 1.165) is 56.8 Å². The minimum Gasteiger partial charge on any atom is -0.354 e. The van der Waals surface area contributed by atoms with Gasteiger partial charge in [-0.25, -0.2) is 14.4 Å². The summed E-state index contributed by atoms with van der Waals surface area (Å²) in [7, 11) is 0. The second-order valence-electron chi connectivity index (χ2n) is 8.74. The van der Waals surface area contributed by atoms with Gasteiger partial charge in [0.05, 0.1) is 5.39 Å². The van der Waals surface area contributed by atoms with Crippen LogP contribution >= 0.6 is 11.3 Å². The molecule has 1 aliphatic heterocycles. The van der Waals surface area contributed by atoms with E-state index in [-0.39, 0.29) is 11.7 Å². The lowest BCUT2D eigenvalue weighted by molar-refractivity contribution is -0.131. The third kappa shape index (κ3) is 4.14. The molecule has 35 heavy (non-hydrogen) atoms. The van der Waals surface area contributed by atoms with Crippen LogP contribution in [0.15, 0.2) is 66.3 Å².